The molecule has 1 unspecified atom stereocenters. The number of hydrogen-bond donors (Lipinski definition) is 1. The molecule has 1 heterocycles. The van der Waals surface area contributed by atoms with Crippen LogP contribution in [0.4, 0.5) is 0 Å². The lowest BCUT2D eigenvalue weighted by atomic mass is 9.94. The van der Waals surface area contributed by atoms with E-state index in [0.29, 0.717) is 12.5 Å². The van der Waals surface area contributed by atoms with Crippen LogP contribution in [-0.2, 0) is 6.54 Å². The van der Waals surface area contributed by atoms with Gasteiger partial charge in [0.1, 0.15) is 5.75 Å². The van der Waals surface area contributed by atoms with Gasteiger partial charge in [-0.15, -0.1) is 0 Å². The van der Waals surface area contributed by atoms with Crippen molar-refractivity contribution in [3.8, 4) is 5.75 Å². The van der Waals surface area contributed by atoms with Crippen molar-refractivity contribution in [3.05, 3.63) is 28.8 Å². The molecular formula is C13H17NO2. The first kappa shape index (κ1) is 11.0. The Bertz CT molecular complexity index is 426. The lowest BCUT2D eigenvalue weighted by molar-refractivity contribution is 0.0965. The van der Waals surface area contributed by atoms with Crippen LogP contribution < -0.4 is 10.1 Å². The van der Waals surface area contributed by atoms with Crippen LogP contribution >= 0.6 is 0 Å². The Morgan fingerprint density at radius 3 is 2.88 bits per heavy atom. The number of methoxy groups -OCH3 is 1. The van der Waals surface area contributed by atoms with E-state index < -0.39 is 0 Å². The maximum atomic E-state index is 11.5. The summed E-state index contributed by atoms with van der Waals surface area (Å²) in [6.07, 6.45) is 1.07. The lowest BCUT2D eigenvalue weighted by Crippen LogP contribution is -2.12. The molecule has 1 aliphatic heterocycles. The van der Waals surface area contributed by atoms with Gasteiger partial charge in [0.25, 0.3) is 5.91 Å². The summed E-state index contributed by atoms with van der Waals surface area (Å²) >= 11 is 0. The van der Waals surface area contributed by atoms with Crippen molar-refractivity contribution in [3.63, 3.8) is 0 Å². The fraction of sp³-hybridized carbons (Fsp3) is 0.462. The van der Waals surface area contributed by atoms with E-state index in [1.165, 1.54) is 5.56 Å². The minimum atomic E-state index is 0.00371. The summed E-state index contributed by atoms with van der Waals surface area (Å²) in [5.41, 5.74) is 3.03. The van der Waals surface area contributed by atoms with Crippen molar-refractivity contribution in [2.24, 2.45) is 0 Å². The highest BCUT2D eigenvalue weighted by atomic mass is 16.5. The monoisotopic (exact) mass is 219 g/mol. The van der Waals surface area contributed by atoms with Gasteiger partial charge >= 0.3 is 0 Å². The van der Waals surface area contributed by atoms with Gasteiger partial charge in [-0.25, -0.2) is 0 Å². The van der Waals surface area contributed by atoms with Crippen LogP contribution in [0, 0.1) is 0 Å². The van der Waals surface area contributed by atoms with Gasteiger partial charge in [0.15, 0.2) is 0 Å². The predicted octanol–water partition coefficient (Wildman–Crippen LogP) is 2.45. The summed E-state index contributed by atoms with van der Waals surface area (Å²) in [7, 11) is 1.65. The average Bonchev–Trinajstić information content (AvgIpc) is 2.68. The number of amides is 1. The minimum Gasteiger partial charge on any atom is -0.496 e. The number of ether oxygens (including phenoxy) is 1. The molecule has 1 aromatic rings. The second kappa shape index (κ2) is 4.16. The number of carbonyl (C=O) groups is 1. The summed E-state index contributed by atoms with van der Waals surface area (Å²) in [6.45, 7) is 4.97. The van der Waals surface area contributed by atoms with Gasteiger partial charge in [0.05, 0.1) is 7.11 Å². The smallest absolute Gasteiger partial charge is 0.252 e. The van der Waals surface area contributed by atoms with E-state index in [1.807, 2.05) is 6.07 Å². The molecule has 0 aromatic heterocycles. The topological polar surface area (TPSA) is 38.3 Å². The van der Waals surface area contributed by atoms with E-state index >= 15 is 0 Å². The fourth-order valence-corrected chi connectivity index (χ4v) is 2.05. The zero-order valence-corrected chi connectivity index (χ0v) is 9.96. The summed E-state index contributed by atoms with van der Waals surface area (Å²) in [4.78, 5) is 11.5. The van der Waals surface area contributed by atoms with Gasteiger partial charge in [0, 0.05) is 12.1 Å². The molecule has 0 saturated heterocycles. The van der Waals surface area contributed by atoms with Crippen LogP contribution in [0.2, 0.25) is 0 Å². The Hall–Kier alpha value is -1.51. The van der Waals surface area contributed by atoms with E-state index in [1.54, 1.807) is 7.11 Å². The predicted molar refractivity (Wildman–Crippen MR) is 62.9 cm³/mol. The van der Waals surface area contributed by atoms with Crippen molar-refractivity contribution in [1.29, 1.82) is 0 Å². The molecule has 3 heteroatoms. The number of rotatable bonds is 3. The summed E-state index contributed by atoms with van der Waals surface area (Å²) in [5, 5.41) is 2.83. The molecule has 0 fully saturated rings. The molecule has 2 rings (SSSR count). The zero-order chi connectivity index (χ0) is 11.7. The zero-order valence-electron chi connectivity index (χ0n) is 9.96. The normalized spacial score (nSPS) is 15.6. The molecule has 0 spiro atoms. The quantitative estimate of drug-likeness (QED) is 0.848. The Balaban J connectivity index is 2.51. The Morgan fingerprint density at radius 1 is 1.50 bits per heavy atom. The first-order valence-corrected chi connectivity index (χ1v) is 5.66. The second-order valence-electron chi connectivity index (χ2n) is 4.24. The SMILES string of the molecule is CCC(C)c1cc2c(cc1OC)C(=O)NC2. The maximum Gasteiger partial charge on any atom is 0.252 e. The van der Waals surface area contributed by atoms with Gasteiger partial charge in [-0.2, -0.15) is 0 Å². The van der Waals surface area contributed by atoms with Gasteiger partial charge in [0.2, 0.25) is 0 Å². The molecule has 1 aromatic carbocycles. The molecule has 1 aliphatic rings. The molecule has 1 N–H and O–H groups in total. The van der Waals surface area contributed by atoms with E-state index in [-0.39, 0.29) is 5.91 Å². The number of hydrogen-bond acceptors (Lipinski definition) is 2. The molecule has 0 radical (unpaired) electrons. The standard InChI is InChI=1S/C13H17NO2/c1-4-8(2)10-5-9-7-14-13(15)11(9)6-12(10)16-3/h5-6,8H,4,7H2,1-3H3,(H,14,15). The molecule has 0 bridgehead atoms. The van der Waals surface area contributed by atoms with Crippen molar-refractivity contribution < 1.29 is 9.53 Å². The first-order valence-electron chi connectivity index (χ1n) is 5.66. The first-order chi connectivity index (χ1) is 7.67. The van der Waals surface area contributed by atoms with Gasteiger partial charge in [-0.1, -0.05) is 13.8 Å². The van der Waals surface area contributed by atoms with Crippen LogP contribution in [0.15, 0.2) is 12.1 Å². The van der Waals surface area contributed by atoms with Crippen LogP contribution in [0.5, 0.6) is 5.75 Å². The Kier molecular flexibility index (Phi) is 2.86. The van der Waals surface area contributed by atoms with Crippen molar-refractivity contribution in [1.82, 2.24) is 5.32 Å². The lowest BCUT2D eigenvalue weighted by Gasteiger charge is -2.15. The fourth-order valence-electron chi connectivity index (χ4n) is 2.05. The number of fused-ring (bicyclic) bond motifs is 1. The van der Waals surface area contributed by atoms with Gasteiger partial charge in [-0.3, -0.25) is 4.79 Å². The molecule has 1 atom stereocenters. The van der Waals surface area contributed by atoms with E-state index in [0.717, 1.165) is 23.3 Å². The molecular weight excluding hydrogens is 202 g/mol. The number of benzene rings is 1. The summed E-state index contributed by atoms with van der Waals surface area (Å²) < 4.78 is 5.36. The number of nitrogens with one attached hydrogen (secondary N) is 1. The molecule has 1 amide bonds. The summed E-state index contributed by atoms with van der Waals surface area (Å²) in [6, 6.07) is 3.96. The highest BCUT2D eigenvalue weighted by Gasteiger charge is 2.22. The highest BCUT2D eigenvalue weighted by molar-refractivity contribution is 5.98. The van der Waals surface area contributed by atoms with Crippen LogP contribution in [0.3, 0.4) is 0 Å². The van der Waals surface area contributed by atoms with E-state index in [9.17, 15) is 4.79 Å². The highest BCUT2D eigenvalue weighted by Crippen LogP contribution is 2.33. The molecule has 3 nitrogen and oxygen atoms in total. The van der Waals surface area contributed by atoms with E-state index in [4.69, 9.17) is 4.74 Å². The van der Waals surface area contributed by atoms with Crippen molar-refractivity contribution in [2.45, 2.75) is 32.7 Å². The van der Waals surface area contributed by atoms with Crippen LogP contribution in [0.1, 0.15) is 47.7 Å². The van der Waals surface area contributed by atoms with Crippen molar-refractivity contribution >= 4 is 5.91 Å². The van der Waals surface area contributed by atoms with Crippen LogP contribution in [-0.4, -0.2) is 13.0 Å². The Morgan fingerprint density at radius 2 is 2.25 bits per heavy atom. The van der Waals surface area contributed by atoms with Crippen molar-refractivity contribution in [2.75, 3.05) is 7.11 Å². The third-order valence-corrected chi connectivity index (χ3v) is 3.28. The molecule has 0 aliphatic carbocycles. The van der Waals surface area contributed by atoms with Crippen LogP contribution in [0.25, 0.3) is 0 Å². The number of carbonyl (C=O) groups excluding carboxylic acids is 1. The summed E-state index contributed by atoms with van der Waals surface area (Å²) in [5.74, 6) is 1.28. The third kappa shape index (κ3) is 1.66. The third-order valence-electron chi connectivity index (χ3n) is 3.28. The maximum absolute atomic E-state index is 11.5. The molecule has 0 saturated carbocycles. The Labute approximate surface area is 95.8 Å². The largest absolute Gasteiger partial charge is 0.496 e. The average molecular weight is 219 g/mol. The van der Waals surface area contributed by atoms with Gasteiger partial charge < -0.3 is 10.1 Å². The van der Waals surface area contributed by atoms with E-state index in [2.05, 4.69) is 25.2 Å². The second-order valence-corrected chi connectivity index (χ2v) is 4.24. The molecule has 86 valence electrons. The van der Waals surface area contributed by atoms with Gasteiger partial charge in [-0.05, 0) is 35.6 Å². The minimum absolute atomic E-state index is 0.00371. The molecule has 16 heavy (non-hydrogen) atoms.